The topological polar surface area (TPSA) is 42.5 Å². The van der Waals surface area contributed by atoms with Gasteiger partial charge in [0.25, 0.3) is 0 Å². The van der Waals surface area contributed by atoms with Crippen LogP contribution in [0.5, 0.6) is 11.5 Å². The standard InChI is InChI=1S/C17H20N2O2S.C2H7B/c1-3-20-15-9-5-13(6-10-15)18-17(22)19-14-7-11-16(12-8-14)21-4-2;1-3-2/h5-12H,3-4H2,1-2H3,(H2,18,19,22);3H,1-2H3. The molecule has 0 atom stereocenters. The van der Waals surface area contributed by atoms with Gasteiger partial charge in [-0.25, -0.2) is 0 Å². The minimum absolute atomic E-state index is 0.535. The first-order valence-corrected chi connectivity index (χ1v) is 9.07. The zero-order chi connectivity index (χ0) is 18.5. The maximum absolute atomic E-state index is 5.40. The van der Waals surface area contributed by atoms with Gasteiger partial charge in [-0.2, -0.15) is 0 Å². The van der Waals surface area contributed by atoms with Gasteiger partial charge in [-0.15, -0.1) is 0 Å². The smallest absolute Gasteiger partial charge is 0.175 e. The highest BCUT2D eigenvalue weighted by Crippen LogP contribution is 2.18. The fourth-order valence-corrected chi connectivity index (χ4v) is 2.13. The summed E-state index contributed by atoms with van der Waals surface area (Å²) < 4.78 is 10.8. The minimum Gasteiger partial charge on any atom is -0.494 e. The molecule has 6 heteroatoms. The third kappa shape index (κ3) is 8.45. The molecule has 0 bridgehead atoms. The Morgan fingerprint density at radius 1 is 0.800 bits per heavy atom. The highest BCUT2D eigenvalue weighted by Gasteiger charge is 2.00. The van der Waals surface area contributed by atoms with Crippen molar-refractivity contribution in [3.63, 3.8) is 0 Å². The number of rotatable bonds is 6. The zero-order valence-corrected chi connectivity index (χ0v) is 16.3. The summed E-state index contributed by atoms with van der Waals surface area (Å²) in [6.07, 6.45) is 0. The van der Waals surface area contributed by atoms with E-state index in [9.17, 15) is 0 Å². The molecule has 0 aromatic heterocycles. The Hall–Kier alpha value is -2.21. The molecular formula is C19H27BN2O2S. The fourth-order valence-electron chi connectivity index (χ4n) is 1.90. The molecule has 0 saturated carbocycles. The van der Waals surface area contributed by atoms with E-state index < -0.39 is 0 Å². The Labute approximate surface area is 157 Å². The molecule has 2 aromatic carbocycles. The number of hydrogen-bond donors (Lipinski definition) is 2. The van der Waals surface area contributed by atoms with Crippen molar-refractivity contribution in [2.75, 3.05) is 23.8 Å². The minimum atomic E-state index is 0.535. The number of thiocarbonyl (C=S) groups is 1. The Morgan fingerprint density at radius 2 is 1.12 bits per heavy atom. The van der Waals surface area contributed by atoms with Gasteiger partial charge in [0.1, 0.15) is 18.8 Å². The van der Waals surface area contributed by atoms with Gasteiger partial charge in [0.05, 0.1) is 13.2 Å². The molecule has 25 heavy (non-hydrogen) atoms. The number of benzene rings is 2. The van der Waals surface area contributed by atoms with Crippen molar-refractivity contribution in [2.24, 2.45) is 0 Å². The second kappa shape index (κ2) is 12.2. The number of nitrogens with one attached hydrogen (secondary N) is 2. The number of ether oxygens (including phenoxy) is 2. The third-order valence-electron chi connectivity index (χ3n) is 2.85. The molecule has 0 aliphatic carbocycles. The van der Waals surface area contributed by atoms with Crippen LogP contribution in [0, 0.1) is 0 Å². The van der Waals surface area contributed by atoms with Crippen LogP contribution in [-0.4, -0.2) is 25.6 Å². The van der Waals surface area contributed by atoms with Gasteiger partial charge in [-0.3, -0.25) is 0 Å². The quantitative estimate of drug-likeness (QED) is 0.573. The van der Waals surface area contributed by atoms with E-state index in [2.05, 4.69) is 24.3 Å². The molecule has 0 aliphatic rings. The Bertz CT molecular complexity index is 565. The Balaban J connectivity index is 0.000000970. The molecule has 2 N–H and O–H groups in total. The largest absolute Gasteiger partial charge is 0.494 e. The highest BCUT2D eigenvalue weighted by atomic mass is 32.1. The van der Waals surface area contributed by atoms with E-state index in [1.165, 1.54) is 7.28 Å². The first kappa shape index (κ1) is 20.8. The molecular weight excluding hydrogens is 331 g/mol. The van der Waals surface area contributed by atoms with Crippen LogP contribution in [0.3, 0.4) is 0 Å². The Morgan fingerprint density at radius 3 is 1.40 bits per heavy atom. The summed E-state index contributed by atoms with van der Waals surface area (Å²) in [5, 5.41) is 6.80. The monoisotopic (exact) mass is 358 g/mol. The molecule has 4 nitrogen and oxygen atoms in total. The summed E-state index contributed by atoms with van der Waals surface area (Å²) >= 11 is 5.30. The molecule has 0 aliphatic heterocycles. The van der Waals surface area contributed by atoms with E-state index in [1.54, 1.807) is 0 Å². The van der Waals surface area contributed by atoms with E-state index in [0.29, 0.717) is 18.3 Å². The molecule has 134 valence electrons. The van der Waals surface area contributed by atoms with E-state index in [1.807, 2.05) is 62.4 Å². The van der Waals surface area contributed by atoms with E-state index in [0.717, 1.165) is 22.9 Å². The normalized spacial score (nSPS) is 9.28. The fraction of sp³-hybridized carbons (Fsp3) is 0.316. The summed E-state index contributed by atoms with van der Waals surface area (Å²) in [7, 11) is 1.25. The average Bonchev–Trinajstić information content (AvgIpc) is 2.60. The molecule has 0 heterocycles. The highest BCUT2D eigenvalue weighted by molar-refractivity contribution is 7.80. The van der Waals surface area contributed by atoms with Crippen LogP contribution in [-0.2, 0) is 0 Å². The summed E-state index contributed by atoms with van der Waals surface area (Å²) in [6.45, 7) is 9.49. The molecule has 0 radical (unpaired) electrons. The molecule has 2 rings (SSSR count). The number of hydrogen-bond acceptors (Lipinski definition) is 3. The zero-order valence-electron chi connectivity index (χ0n) is 15.5. The average molecular weight is 358 g/mol. The van der Waals surface area contributed by atoms with Crippen molar-refractivity contribution in [3.05, 3.63) is 48.5 Å². The molecule has 0 fully saturated rings. The van der Waals surface area contributed by atoms with Crippen LogP contribution in [0.4, 0.5) is 11.4 Å². The van der Waals surface area contributed by atoms with Crippen molar-refractivity contribution >= 4 is 36.0 Å². The van der Waals surface area contributed by atoms with E-state index in [4.69, 9.17) is 21.7 Å². The van der Waals surface area contributed by atoms with Crippen LogP contribution in [0.2, 0.25) is 13.6 Å². The van der Waals surface area contributed by atoms with Crippen LogP contribution < -0.4 is 20.1 Å². The van der Waals surface area contributed by atoms with Gasteiger partial charge < -0.3 is 20.1 Å². The third-order valence-corrected chi connectivity index (χ3v) is 3.05. The van der Waals surface area contributed by atoms with Crippen molar-refractivity contribution in [2.45, 2.75) is 27.5 Å². The SMILES string of the molecule is CBC.CCOc1ccc(NC(=S)Nc2ccc(OCC)cc2)cc1. The van der Waals surface area contributed by atoms with Gasteiger partial charge in [0.2, 0.25) is 0 Å². The number of anilines is 2. The first-order valence-electron chi connectivity index (χ1n) is 8.66. The van der Waals surface area contributed by atoms with Crippen molar-refractivity contribution in [1.29, 1.82) is 0 Å². The van der Waals surface area contributed by atoms with Crippen molar-refractivity contribution < 1.29 is 9.47 Å². The second-order valence-corrected chi connectivity index (χ2v) is 5.61. The lowest BCUT2D eigenvalue weighted by atomic mass is 9.88. The van der Waals surface area contributed by atoms with E-state index in [-0.39, 0.29) is 0 Å². The van der Waals surface area contributed by atoms with E-state index >= 15 is 0 Å². The summed E-state index contributed by atoms with van der Waals surface area (Å²) in [5.74, 6) is 1.69. The summed E-state index contributed by atoms with van der Waals surface area (Å²) in [6, 6.07) is 15.3. The lowest BCUT2D eigenvalue weighted by molar-refractivity contribution is 0.340. The molecule has 0 unspecified atom stereocenters. The van der Waals surface area contributed by atoms with Crippen LogP contribution in [0.15, 0.2) is 48.5 Å². The van der Waals surface area contributed by atoms with Crippen LogP contribution in [0.1, 0.15) is 13.8 Å². The molecule has 0 amide bonds. The lowest BCUT2D eigenvalue weighted by Gasteiger charge is -2.12. The van der Waals surface area contributed by atoms with Gasteiger partial charge in [-0.1, -0.05) is 13.6 Å². The summed E-state index contributed by atoms with van der Waals surface area (Å²) in [5.41, 5.74) is 1.82. The van der Waals surface area contributed by atoms with Crippen LogP contribution in [0.25, 0.3) is 0 Å². The maximum atomic E-state index is 5.40. The maximum Gasteiger partial charge on any atom is 0.175 e. The molecule has 0 saturated heterocycles. The molecule has 2 aromatic rings. The van der Waals surface area contributed by atoms with Gasteiger partial charge in [0, 0.05) is 11.4 Å². The first-order chi connectivity index (χ1) is 12.1. The van der Waals surface area contributed by atoms with Gasteiger partial charge in [0.15, 0.2) is 5.11 Å². The predicted molar refractivity (Wildman–Crippen MR) is 114 cm³/mol. The summed E-state index contributed by atoms with van der Waals surface area (Å²) in [4.78, 5) is 0. The predicted octanol–water partition coefficient (Wildman–Crippen LogP) is 4.81. The Kier molecular flexibility index (Phi) is 10.2. The molecule has 0 spiro atoms. The van der Waals surface area contributed by atoms with Gasteiger partial charge in [-0.05, 0) is 74.6 Å². The van der Waals surface area contributed by atoms with Crippen molar-refractivity contribution in [1.82, 2.24) is 0 Å². The van der Waals surface area contributed by atoms with Gasteiger partial charge >= 0.3 is 0 Å². The van der Waals surface area contributed by atoms with Crippen LogP contribution >= 0.6 is 12.2 Å². The second-order valence-electron chi connectivity index (χ2n) is 5.20. The lowest BCUT2D eigenvalue weighted by Crippen LogP contribution is -2.18. The van der Waals surface area contributed by atoms with Crippen molar-refractivity contribution in [3.8, 4) is 11.5 Å².